The molecule has 8 heteroatoms. The van der Waals surface area contributed by atoms with E-state index in [0.29, 0.717) is 37.4 Å². The summed E-state index contributed by atoms with van der Waals surface area (Å²) in [6.07, 6.45) is 4.46. The average molecular weight is 411 g/mol. The molecule has 30 heavy (non-hydrogen) atoms. The molecular formula is C22H22FN3O4. The van der Waals surface area contributed by atoms with Crippen molar-refractivity contribution in [2.75, 3.05) is 26.3 Å². The van der Waals surface area contributed by atoms with Gasteiger partial charge in [-0.1, -0.05) is 36.4 Å². The van der Waals surface area contributed by atoms with Gasteiger partial charge in [-0.15, -0.1) is 0 Å². The van der Waals surface area contributed by atoms with Crippen molar-refractivity contribution in [2.24, 2.45) is 0 Å². The third-order valence-electron chi connectivity index (χ3n) is 4.46. The number of ether oxygens (including phenoxy) is 1. The van der Waals surface area contributed by atoms with Crippen molar-refractivity contribution in [1.29, 1.82) is 0 Å². The number of hydrogen-bond acceptors (Lipinski definition) is 5. The number of carbonyl (C=O) groups excluding carboxylic acids is 2. The summed E-state index contributed by atoms with van der Waals surface area (Å²) < 4.78 is 18.7. The highest BCUT2D eigenvalue weighted by Gasteiger charge is 2.17. The zero-order valence-corrected chi connectivity index (χ0v) is 16.2. The van der Waals surface area contributed by atoms with Gasteiger partial charge in [-0.3, -0.25) is 20.2 Å². The Bertz CT molecular complexity index is 934. The lowest BCUT2D eigenvalue weighted by atomic mass is 10.0. The van der Waals surface area contributed by atoms with Crippen LogP contribution in [0.2, 0.25) is 0 Å². The van der Waals surface area contributed by atoms with Crippen molar-refractivity contribution in [3.63, 3.8) is 0 Å². The molecule has 0 aliphatic carbocycles. The normalized spacial score (nSPS) is 15.2. The molecule has 0 aromatic heterocycles. The fraction of sp³-hybridized carbons (Fsp3) is 0.182. The number of hydrazine groups is 1. The highest BCUT2D eigenvalue weighted by molar-refractivity contribution is 6.24. The molecule has 2 aromatic rings. The Morgan fingerprint density at radius 2 is 1.63 bits per heavy atom. The fourth-order valence-electron chi connectivity index (χ4n) is 2.87. The number of benzene rings is 2. The first-order chi connectivity index (χ1) is 14.5. The number of nitrogens with zero attached hydrogens (tertiary/aromatic N) is 1. The highest BCUT2D eigenvalue weighted by Crippen LogP contribution is 2.20. The maximum atomic E-state index is 13.4. The standard InChI is InChI=1S/C22H22FN3O4/c23-19-8-6-18(7-9-19)20(22(28)24-26-11-13-30-14-12-26)15-17-3-1-16(2-4-17)5-10-21(27)25-29/h1-10,15,29H,11-14H2,(H,24,28)(H,25,27)/b10-5+,20-15-. The minimum atomic E-state index is -0.627. The molecule has 1 aliphatic rings. The van der Waals surface area contributed by atoms with Crippen LogP contribution >= 0.6 is 0 Å². The van der Waals surface area contributed by atoms with Gasteiger partial charge in [0.1, 0.15) is 5.82 Å². The average Bonchev–Trinajstić information content (AvgIpc) is 2.78. The Labute approximate surface area is 173 Å². The van der Waals surface area contributed by atoms with E-state index in [-0.39, 0.29) is 11.7 Å². The summed E-state index contributed by atoms with van der Waals surface area (Å²) in [5.41, 5.74) is 6.89. The van der Waals surface area contributed by atoms with Crippen LogP contribution in [-0.4, -0.2) is 48.3 Å². The van der Waals surface area contributed by atoms with Gasteiger partial charge in [0.25, 0.3) is 11.8 Å². The molecule has 0 saturated carbocycles. The van der Waals surface area contributed by atoms with E-state index in [9.17, 15) is 14.0 Å². The first-order valence-electron chi connectivity index (χ1n) is 9.39. The summed E-state index contributed by atoms with van der Waals surface area (Å²) in [6.45, 7) is 2.26. The van der Waals surface area contributed by atoms with E-state index in [2.05, 4.69) is 5.43 Å². The fourth-order valence-corrected chi connectivity index (χ4v) is 2.87. The summed E-state index contributed by atoms with van der Waals surface area (Å²) in [5, 5.41) is 10.3. The van der Waals surface area contributed by atoms with Crippen LogP contribution in [0, 0.1) is 5.82 Å². The number of rotatable bonds is 6. The third kappa shape index (κ3) is 6.08. The van der Waals surface area contributed by atoms with Crippen molar-refractivity contribution < 1.29 is 23.9 Å². The van der Waals surface area contributed by atoms with E-state index in [0.717, 1.165) is 11.1 Å². The molecule has 1 saturated heterocycles. The lowest BCUT2D eigenvalue weighted by Gasteiger charge is -2.27. The lowest BCUT2D eigenvalue weighted by molar-refractivity contribution is -0.124. The molecule has 156 valence electrons. The molecule has 0 spiro atoms. The molecule has 0 unspecified atom stereocenters. The van der Waals surface area contributed by atoms with Gasteiger partial charge in [-0.2, -0.15) is 0 Å². The zero-order chi connectivity index (χ0) is 21.3. The zero-order valence-electron chi connectivity index (χ0n) is 16.2. The van der Waals surface area contributed by atoms with E-state index in [1.165, 1.54) is 23.7 Å². The second kappa shape index (κ2) is 10.4. The monoisotopic (exact) mass is 411 g/mol. The van der Waals surface area contributed by atoms with E-state index in [1.54, 1.807) is 53.6 Å². The van der Waals surface area contributed by atoms with Crippen molar-refractivity contribution in [1.82, 2.24) is 15.9 Å². The van der Waals surface area contributed by atoms with Crippen molar-refractivity contribution in [3.8, 4) is 0 Å². The SMILES string of the molecule is O=C(/C=C/c1ccc(/C=C(\C(=O)NN2CCOCC2)c2ccc(F)cc2)cc1)NO. The van der Waals surface area contributed by atoms with Gasteiger partial charge < -0.3 is 4.74 Å². The molecule has 0 bridgehead atoms. The Morgan fingerprint density at radius 3 is 2.27 bits per heavy atom. The van der Waals surface area contributed by atoms with Crippen LogP contribution in [0.15, 0.2) is 54.6 Å². The van der Waals surface area contributed by atoms with Gasteiger partial charge in [0.2, 0.25) is 0 Å². The molecule has 1 heterocycles. The molecule has 2 aromatic carbocycles. The number of carbonyl (C=O) groups is 2. The Hall–Kier alpha value is -3.33. The van der Waals surface area contributed by atoms with E-state index >= 15 is 0 Å². The minimum Gasteiger partial charge on any atom is -0.379 e. The minimum absolute atomic E-state index is 0.299. The molecule has 2 amide bonds. The third-order valence-corrected chi connectivity index (χ3v) is 4.46. The Balaban J connectivity index is 1.84. The quantitative estimate of drug-likeness (QED) is 0.294. The van der Waals surface area contributed by atoms with Crippen LogP contribution in [0.3, 0.4) is 0 Å². The van der Waals surface area contributed by atoms with Gasteiger partial charge >= 0.3 is 0 Å². The van der Waals surface area contributed by atoms with Gasteiger partial charge in [-0.05, 0) is 41.0 Å². The topological polar surface area (TPSA) is 90.9 Å². The molecule has 3 N–H and O–H groups in total. The number of morpholine rings is 1. The number of hydroxylamine groups is 1. The first-order valence-corrected chi connectivity index (χ1v) is 9.39. The number of halogens is 1. The summed E-state index contributed by atoms with van der Waals surface area (Å²) >= 11 is 0. The van der Waals surface area contributed by atoms with E-state index < -0.39 is 5.91 Å². The summed E-state index contributed by atoms with van der Waals surface area (Å²) in [7, 11) is 0. The smallest absolute Gasteiger partial charge is 0.267 e. The van der Waals surface area contributed by atoms with Gasteiger partial charge in [-0.25, -0.2) is 14.9 Å². The molecule has 1 fully saturated rings. The van der Waals surface area contributed by atoms with Crippen molar-refractivity contribution in [3.05, 3.63) is 77.1 Å². The van der Waals surface area contributed by atoms with Crippen LogP contribution in [-0.2, 0) is 14.3 Å². The lowest BCUT2D eigenvalue weighted by Crippen LogP contribution is -2.48. The second-order valence-corrected chi connectivity index (χ2v) is 6.58. The van der Waals surface area contributed by atoms with Gasteiger partial charge in [0.05, 0.1) is 13.2 Å². The van der Waals surface area contributed by atoms with Crippen LogP contribution < -0.4 is 10.9 Å². The van der Waals surface area contributed by atoms with Gasteiger partial charge in [0, 0.05) is 24.7 Å². The van der Waals surface area contributed by atoms with E-state index in [4.69, 9.17) is 9.94 Å². The van der Waals surface area contributed by atoms with Crippen LogP contribution in [0.25, 0.3) is 17.7 Å². The molecule has 1 aliphatic heterocycles. The highest BCUT2D eigenvalue weighted by atomic mass is 19.1. The molecule has 0 radical (unpaired) electrons. The number of nitrogens with one attached hydrogen (secondary N) is 2. The Kier molecular flexibility index (Phi) is 7.45. The van der Waals surface area contributed by atoms with E-state index in [1.807, 2.05) is 0 Å². The largest absolute Gasteiger partial charge is 0.379 e. The summed E-state index contributed by atoms with van der Waals surface area (Å²) in [5.74, 6) is -1.31. The number of amides is 2. The summed E-state index contributed by atoms with van der Waals surface area (Å²) in [4.78, 5) is 24.0. The predicted octanol–water partition coefficient (Wildman–Crippen LogP) is 2.25. The molecule has 7 nitrogen and oxygen atoms in total. The maximum Gasteiger partial charge on any atom is 0.267 e. The molecule has 3 rings (SSSR count). The molecule has 0 atom stereocenters. The number of hydrogen-bond donors (Lipinski definition) is 3. The van der Waals surface area contributed by atoms with Gasteiger partial charge in [0.15, 0.2) is 0 Å². The van der Waals surface area contributed by atoms with Crippen LogP contribution in [0.1, 0.15) is 16.7 Å². The second-order valence-electron chi connectivity index (χ2n) is 6.58. The first kappa shape index (κ1) is 21.4. The van der Waals surface area contributed by atoms with Crippen LogP contribution in [0.5, 0.6) is 0 Å². The predicted molar refractivity (Wildman–Crippen MR) is 110 cm³/mol. The van der Waals surface area contributed by atoms with Crippen LogP contribution in [0.4, 0.5) is 4.39 Å². The Morgan fingerprint density at radius 1 is 1.00 bits per heavy atom. The summed E-state index contributed by atoms with van der Waals surface area (Å²) in [6, 6.07) is 12.9. The molecular weight excluding hydrogens is 389 g/mol. The van der Waals surface area contributed by atoms with Crippen molar-refractivity contribution >= 4 is 29.5 Å². The maximum absolute atomic E-state index is 13.4. The van der Waals surface area contributed by atoms with Crippen molar-refractivity contribution in [2.45, 2.75) is 0 Å².